The Morgan fingerprint density at radius 2 is 1.88 bits per heavy atom. The number of methoxy groups -OCH3 is 1. The molecule has 8 nitrogen and oxygen atoms in total. The molecule has 1 aliphatic rings. The maximum atomic E-state index is 12.3. The second kappa shape index (κ2) is 8.55. The Bertz CT molecular complexity index is 684. The van der Waals surface area contributed by atoms with Crippen molar-refractivity contribution in [3.05, 3.63) is 23.8 Å². The molecule has 1 saturated carbocycles. The number of aliphatic carboxylic acids is 1. The van der Waals surface area contributed by atoms with Gasteiger partial charge in [0.25, 0.3) is 11.8 Å². The number of amides is 2. The van der Waals surface area contributed by atoms with Crippen molar-refractivity contribution in [2.75, 3.05) is 13.7 Å². The van der Waals surface area contributed by atoms with Crippen LogP contribution < -0.4 is 20.1 Å². The summed E-state index contributed by atoms with van der Waals surface area (Å²) in [6.07, 6.45) is 1.59. The lowest BCUT2D eigenvalue weighted by atomic mass is 10.1. The molecule has 26 heavy (non-hydrogen) atoms. The highest BCUT2D eigenvalue weighted by Gasteiger charge is 2.37. The second-order valence-corrected chi connectivity index (χ2v) is 6.50. The lowest BCUT2D eigenvalue weighted by Gasteiger charge is -2.15. The van der Waals surface area contributed by atoms with Crippen LogP contribution in [0.15, 0.2) is 18.2 Å². The second-order valence-electron chi connectivity index (χ2n) is 6.50. The van der Waals surface area contributed by atoms with Crippen LogP contribution in [-0.2, 0) is 9.59 Å². The average molecular weight is 364 g/mol. The first-order chi connectivity index (χ1) is 12.3. The van der Waals surface area contributed by atoms with Gasteiger partial charge in [0.15, 0.2) is 18.1 Å². The van der Waals surface area contributed by atoms with E-state index < -0.39 is 17.9 Å². The summed E-state index contributed by atoms with van der Waals surface area (Å²) in [6, 6.07) is 3.59. The monoisotopic (exact) mass is 364 g/mol. The molecule has 1 atom stereocenters. The fraction of sp³-hybridized carbons (Fsp3) is 0.500. The van der Waals surface area contributed by atoms with Crippen molar-refractivity contribution in [2.24, 2.45) is 5.92 Å². The molecule has 1 fully saturated rings. The van der Waals surface area contributed by atoms with Crippen LogP contribution in [0.3, 0.4) is 0 Å². The minimum absolute atomic E-state index is 0.00714. The Morgan fingerprint density at radius 3 is 2.42 bits per heavy atom. The van der Waals surface area contributed by atoms with Crippen LogP contribution >= 0.6 is 0 Å². The first kappa shape index (κ1) is 19.6. The third-order valence-corrected chi connectivity index (χ3v) is 3.88. The van der Waals surface area contributed by atoms with E-state index in [1.54, 1.807) is 0 Å². The normalized spacial score (nSPS) is 14.5. The van der Waals surface area contributed by atoms with Crippen LogP contribution in [0.25, 0.3) is 0 Å². The summed E-state index contributed by atoms with van der Waals surface area (Å²) < 4.78 is 10.6. The molecular weight excluding hydrogens is 340 g/mol. The number of hydrogen-bond acceptors (Lipinski definition) is 5. The lowest BCUT2D eigenvalue weighted by Crippen LogP contribution is -2.42. The Kier molecular flexibility index (Phi) is 6.43. The Hall–Kier alpha value is -2.77. The van der Waals surface area contributed by atoms with E-state index in [1.165, 1.54) is 25.3 Å². The highest BCUT2D eigenvalue weighted by atomic mass is 16.5. The summed E-state index contributed by atoms with van der Waals surface area (Å²) in [6.45, 7) is 3.51. The van der Waals surface area contributed by atoms with Gasteiger partial charge in [0.1, 0.15) is 6.04 Å². The molecule has 0 spiro atoms. The Labute approximate surface area is 151 Å². The molecule has 2 rings (SSSR count). The summed E-state index contributed by atoms with van der Waals surface area (Å²) in [5.74, 6) is -1.21. The van der Waals surface area contributed by atoms with Crippen LogP contribution in [0.2, 0.25) is 0 Å². The van der Waals surface area contributed by atoms with E-state index in [-0.39, 0.29) is 35.8 Å². The van der Waals surface area contributed by atoms with Gasteiger partial charge in [0.2, 0.25) is 0 Å². The highest BCUT2D eigenvalue weighted by Crippen LogP contribution is 2.33. The smallest absolute Gasteiger partial charge is 0.326 e. The summed E-state index contributed by atoms with van der Waals surface area (Å²) in [5.41, 5.74) is 0.257. The van der Waals surface area contributed by atoms with Gasteiger partial charge >= 0.3 is 5.97 Å². The number of rotatable bonds is 9. The van der Waals surface area contributed by atoms with E-state index in [9.17, 15) is 19.5 Å². The average Bonchev–Trinajstić information content (AvgIpc) is 3.41. The van der Waals surface area contributed by atoms with Crippen molar-refractivity contribution in [2.45, 2.75) is 38.8 Å². The predicted molar refractivity (Wildman–Crippen MR) is 93.4 cm³/mol. The van der Waals surface area contributed by atoms with Crippen molar-refractivity contribution in [1.82, 2.24) is 10.6 Å². The number of benzene rings is 1. The first-order valence-electron chi connectivity index (χ1n) is 8.45. The molecule has 1 unspecified atom stereocenters. The van der Waals surface area contributed by atoms with E-state index in [1.807, 2.05) is 13.8 Å². The lowest BCUT2D eigenvalue weighted by molar-refractivity contribution is -0.139. The van der Waals surface area contributed by atoms with E-state index in [4.69, 9.17) is 9.47 Å². The SMILES string of the molecule is COc1cc(C(=O)NC(C(=O)O)C2CC2)ccc1OCC(=O)NC(C)C. The third-order valence-electron chi connectivity index (χ3n) is 3.88. The number of nitrogens with one attached hydrogen (secondary N) is 2. The Balaban J connectivity index is 2.03. The van der Waals surface area contributed by atoms with Gasteiger partial charge in [0.05, 0.1) is 7.11 Å². The van der Waals surface area contributed by atoms with Gasteiger partial charge in [-0.05, 0) is 50.8 Å². The predicted octanol–water partition coefficient (Wildman–Crippen LogP) is 1.19. The number of carboxylic acid groups (broad SMARTS) is 1. The zero-order valence-electron chi connectivity index (χ0n) is 15.1. The highest BCUT2D eigenvalue weighted by molar-refractivity contribution is 5.97. The molecule has 1 aromatic rings. The van der Waals surface area contributed by atoms with Gasteiger partial charge in [0, 0.05) is 11.6 Å². The number of carboxylic acids is 1. The van der Waals surface area contributed by atoms with E-state index >= 15 is 0 Å². The molecule has 2 amide bonds. The summed E-state index contributed by atoms with van der Waals surface area (Å²) >= 11 is 0. The number of carbonyl (C=O) groups is 3. The molecule has 0 saturated heterocycles. The van der Waals surface area contributed by atoms with Crippen molar-refractivity contribution in [3.8, 4) is 11.5 Å². The largest absolute Gasteiger partial charge is 0.493 e. The van der Waals surface area contributed by atoms with Crippen molar-refractivity contribution >= 4 is 17.8 Å². The van der Waals surface area contributed by atoms with Crippen LogP contribution in [-0.4, -0.2) is 48.7 Å². The zero-order chi connectivity index (χ0) is 19.3. The minimum Gasteiger partial charge on any atom is -0.493 e. The topological polar surface area (TPSA) is 114 Å². The molecule has 0 heterocycles. The fourth-order valence-corrected chi connectivity index (χ4v) is 2.47. The first-order valence-corrected chi connectivity index (χ1v) is 8.45. The molecule has 0 aromatic heterocycles. The van der Waals surface area contributed by atoms with Gasteiger partial charge in [-0.3, -0.25) is 9.59 Å². The van der Waals surface area contributed by atoms with Gasteiger partial charge in [-0.25, -0.2) is 4.79 Å². The number of ether oxygens (including phenoxy) is 2. The van der Waals surface area contributed by atoms with Crippen molar-refractivity contribution in [3.63, 3.8) is 0 Å². The maximum absolute atomic E-state index is 12.3. The summed E-state index contributed by atoms with van der Waals surface area (Å²) in [7, 11) is 1.42. The van der Waals surface area contributed by atoms with Crippen LogP contribution in [0, 0.1) is 5.92 Å². The molecule has 3 N–H and O–H groups in total. The molecule has 8 heteroatoms. The van der Waals surface area contributed by atoms with Crippen molar-refractivity contribution in [1.29, 1.82) is 0 Å². The number of carbonyl (C=O) groups excluding carboxylic acids is 2. The van der Waals surface area contributed by atoms with E-state index in [2.05, 4.69) is 10.6 Å². The standard InChI is InChI=1S/C18H24N2O6/c1-10(2)19-15(21)9-26-13-7-6-12(8-14(13)25-3)17(22)20-16(18(23)24)11-4-5-11/h6-8,10-11,16H,4-5,9H2,1-3H3,(H,19,21)(H,20,22)(H,23,24). The summed E-state index contributed by atoms with van der Waals surface area (Å²) in [5, 5.41) is 14.5. The maximum Gasteiger partial charge on any atom is 0.326 e. The summed E-state index contributed by atoms with van der Waals surface area (Å²) in [4.78, 5) is 35.2. The fourth-order valence-electron chi connectivity index (χ4n) is 2.47. The van der Waals surface area contributed by atoms with Gasteiger partial charge < -0.3 is 25.2 Å². The molecule has 0 bridgehead atoms. The Morgan fingerprint density at radius 1 is 1.19 bits per heavy atom. The quantitative estimate of drug-likeness (QED) is 0.606. The van der Waals surface area contributed by atoms with Crippen LogP contribution in [0.5, 0.6) is 11.5 Å². The number of hydrogen-bond donors (Lipinski definition) is 3. The van der Waals surface area contributed by atoms with Gasteiger partial charge in [-0.1, -0.05) is 0 Å². The van der Waals surface area contributed by atoms with E-state index in [0.717, 1.165) is 12.8 Å². The molecule has 142 valence electrons. The molecule has 1 aromatic carbocycles. The molecule has 1 aliphatic carbocycles. The molecule has 0 aliphatic heterocycles. The minimum atomic E-state index is -1.04. The van der Waals surface area contributed by atoms with Crippen molar-refractivity contribution < 1.29 is 29.0 Å². The third kappa shape index (κ3) is 5.37. The molecule has 0 radical (unpaired) electrons. The van der Waals surface area contributed by atoms with Crippen LogP contribution in [0.4, 0.5) is 0 Å². The molecular formula is C18H24N2O6. The van der Waals surface area contributed by atoms with Gasteiger partial charge in [-0.2, -0.15) is 0 Å². The van der Waals surface area contributed by atoms with E-state index in [0.29, 0.717) is 5.75 Å². The zero-order valence-corrected chi connectivity index (χ0v) is 15.1. The van der Waals surface area contributed by atoms with Gasteiger partial charge in [-0.15, -0.1) is 0 Å². The van der Waals surface area contributed by atoms with Crippen LogP contribution in [0.1, 0.15) is 37.0 Å².